The van der Waals surface area contributed by atoms with E-state index in [4.69, 9.17) is 0 Å². The van der Waals surface area contributed by atoms with Gasteiger partial charge in [0.1, 0.15) is 11.1 Å². The third kappa shape index (κ3) is 2.79. The number of aliphatic hydroxyl groups excluding tert-OH is 1. The maximum Gasteiger partial charge on any atom is 0.122 e. The van der Waals surface area contributed by atoms with Gasteiger partial charge in [0.05, 0.1) is 5.69 Å². The lowest BCUT2D eigenvalue weighted by molar-refractivity contribution is 0.175. The number of hydrogen-bond acceptors (Lipinski definition) is 4. The number of rotatable bonds is 5. The van der Waals surface area contributed by atoms with E-state index >= 15 is 0 Å². The normalized spacial score (nSPS) is 12.9. The van der Waals surface area contributed by atoms with Crippen molar-refractivity contribution in [3.8, 4) is 0 Å². The highest BCUT2D eigenvalue weighted by Crippen LogP contribution is 2.22. The van der Waals surface area contributed by atoms with Gasteiger partial charge in [0.25, 0.3) is 0 Å². The summed E-state index contributed by atoms with van der Waals surface area (Å²) in [5.74, 6) is 0. The number of nitrogens with zero attached hydrogens (tertiary/aromatic N) is 3. The van der Waals surface area contributed by atoms with Crippen LogP contribution in [0, 0.1) is 6.92 Å². The predicted molar refractivity (Wildman–Crippen MR) is 72.8 cm³/mol. The summed E-state index contributed by atoms with van der Waals surface area (Å²) in [6.45, 7) is 6.93. The molecule has 1 atom stereocenters. The molecule has 2 aromatic heterocycles. The van der Waals surface area contributed by atoms with E-state index in [2.05, 4.69) is 30.0 Å². The molecule has 0 amide bonds. The number of aryl methyl sites for hydroxylation is 3. The van der Waals surface area contributed by atoms with Crippen molar-refractivity contribution in [2.45, 2.75) is 46.3 Å². The van der Waals surface area contributed by atoms with E-state index in [9.17, 15) is 5.11 Å². The van der Waals surface area contributed by atoms with Gasteiger partial charge >= 0.3 is 0 Å². The van der Waals surface area contributed by atoms with Crippen molar-refractivity contribution in [3.05, 3.63) is 33.5 Å². The van der Waals surface area contributed by atoms with Crippen molar-refractivity contribution < 1.29 is 5.11 Å². The topological polar surface area (TPSA) is 50.9 Å². The van der Waals surface area contributed by atoms with Crippen molar-refractivity contribution in [1.82, 2.24) is 14.8 Å². The molecular weight excluding hydrogens is 246 g/mol. The highest BCUT2D eigenvalue weighted by molar-refractivity contribution is 7.09. The summed E-state index contributed by atoms with van der Waals surface area (Å²) in [5.41, 5.74) is 3.12. The van der Waals surface area contributed by atoms with Crippen LogP contribution in [0.2, 0.25) is 0 Å². The minimum atomic E-state index is -0.532. The summed E-state index contributed by atoms with van der Waals surface area (Å²) in [5, 5.41) is 17.4. The minimum Gasteiger partial charge on any atom is -0.386 e. The molecule has 0 fully saturated rings. The van der Waals surface area contributed by atoms with E-state index in [0.717, 1.165) is 35.1 Å². The molecule has 1 unspecified atom stereocenters. The number of aliphatic hydroxyl groups is 1. The molecule has 0 aliphatic heterocycles. The van der Waals surface area contributed by atoms with E-state index < -0.39 is 6.10 Å². The van der Waals surface area contributed by atoms with Crippen LogP contribution in [0.15, 0.2) is 11.4 Å². The second kappa shape index (κ2) is 5.63. The van der Waals surface area contributed by atoms with Crippen LogP contribution in [0.1, 0.15) is 42.0 Å². The van der Waals surface area contributed by atoms with Gasteiger partial charge in [-0.2, -0.15) is 5.10 Å². The zero-order chi connectivity index (χ0) is 13.1. The van der Waals surface area contributed by atoms with Crippen LogP contribution in [0.3, 0.4) is 0 Å². The lowest BCUT2D eigenvalue weighted by atomic mass is 10.2. The van der Waals surface area contributed by atoms with Gasteiger partial charge in [0, 0.05) is 29.7 Å². The maximum absolute atomic E-state index is 10.2. The Kier molecular flexibility index (Phi) is 4.14. The summed E-state index contributed by atoms with van der Waals surface area (Å²) in [6, 6.07) is 2.08. The molecule has 0 aliphatic carbocycles. The lowest BCUT2D eigenvalue weighted by Crippen LogP contribution is -2.08. The molecule has 2 rings (SSSR count). The molecule has 0 saturated carbocycles. The highest BCUT2D eigenvalue weighted by Gasteiger charge is 2.15. The average molecular weight is 265 g/mol. The van der Waals surface area contributed by atoms with Gasteiger partial charge in [-0.05, 0) is 26.3 Å². The quantitative estimate of drug-likeness (QED) is 0.903. The summed E-state index contributed by atoms with van der Waals surface area (Å²) in [7, 11) is 0. The molecule has 0 aromatic carbocycles. The average Bonchev–Trinajstić information content (AvgIpc) is 2.95. The van der Waals surface area contributed by atoms with Gasteiger partial charge < -0.3 is 5.11 Å². The van der Waals surface area contributed by atoms with E-state index in [0.29, 0.717) is 6.42 Å². The first-order valence-corrected chi connectivity index (χ1v) is 7.17. The number of aromatic nitrogens is 3. The Labute approximate surface area is 111 Å². The molecule has 2 heterocycles. The standard InChI is InChI=1S/C13H19N3OS/c1-4-10-6-11(16(5-2)15-10)7-12(17)13-14-9(3)8-18-13/h6,8,12,17H,4-5,7H2,1-3H3. The molecule has 1 N–H and O–H groups in total. The highest BCUT2D eigenvalue weighted by atomic mass is 32.1. The molecule has 0 bridgehead atoms. The number of thiazole rings is 1. The smallest absolute Gasteiger partial charge is 0.122 e. The molecule has 2 aromatic rings. The Hall–Kier alpha value is -1.20. The SMILES string of the molecule is CCc1cc(CC(O)c2nc(C)cs2)n(CC)n1. The van der Waals surface area contributed by atoms with Crippen molar-refractivity contribution in [3.63, 3.8) is 0 Å². The largest absolute Gasteiger partial charge is 0.386 e. The van der Waals surface area contributed by atoms with Crippen LogP contribution in [-0.2, 0) is 19.4 Å². The van der Waals surface area contributed by atoms with Crippen molar-refractivity contribution in [2.75, 3.05) is 0 Å². The van der Waals surface area contributed by atoms with Gasteiger partial charge in [0.15, 0.2) is 0 Å². The van der Waals surface area contributed by atoms with Crippen molar-refractivity contribution in [2.24, 2.45) is 0 Å². The van der Waals surface area contributed by atoms with Crippen LogP contribution >= 0.6 is 11.3 Å². The monoisotopic (exact) mass is 265 g/mol. The Bertz CT molecular complexity index is 518. The van der Waals surface area contributed by atoms with E-state index in [1.54, 1.807) is 0 Å². The first kappa shape index (κ1) is 13.2. The van der Waals surface area contributed by atoms with Crippen LogP contribution in [-0.4, -0.2) is 19.9 Å². The molecule has 5 heteroatoms. The van der Waals surface area contributed by atoms with Gasteiger partial charge in [0.2, 0.25) is 0 Å². The lowest BCUT2D eigenvalue weighted by Gasteiger charge is -2.08. The van der Waals surface area contributed by atoms with E-state index in [1.807, 2.05) is 17.0 Å². The molecule has 18 heavy (non-hydrogen) atoms. The fourth-order valence-corrected chi connectivity index (χ4v) is 2.72. The minimum absolute atomic E-state index is 0.532. The van der Waals surface area contributed by atoms with Crippen LogP contribution in [0.5, 0.6) is 0 Å². The Morgan fingerprint density at radius 3 is 2.78 bits per heavy atom. The predicted octanol–water partition coefficient (Wildman–Crippen LogP) is 2.51. The first-order valence-electron chi connectivity index (χ1n) is 6.29. The zero-order valence-electron chi connectivity index (χ0n) is 11.1. The summed E-state index contributed by atoms with van der Waals surface area (Å²) < 4.78 is 1.96. The summed E-state index contributed by atoms with van der Waals surface area (Å²) in [6.07, 6.45) is 0.968. The zero-order valence-corrected chi connectivity index (χ0v) is 11.9. The van der Waals surface area contributed by atoms with Gasteiger partial charge in [-0.15, -0.1) is 11.3 Å². The van der Waals surface area contributed by atoms with Gasteiger partial charge in [-0.3, -0.25) is 4.68 Å². The second-order valence-corrected chi connectivity index (χ2v) is 5.23. The van der Waals surface area contributed by atoms with Gasteiger partial charge in [-0.1, -0.05) is 6.92 Å². The third-order valence-electron chi connectivity index (χ3n) is 2.90. The fraction of sp³-hybridized carbons (Fsp3) is 0.538. The molecule has 0 saturated heterocycles. The Morgan fingerprint density at radius 1 is 1.44 bits per heavy atom. The Balaban J connectivity index is 2.15. The van der Waals surface area contributed by atoms with Gasteiger partial charge in [-0.25, -0.2) is 4.98 Å². The maximum atomic E-state index is 10.2. The van der Waals surface area contributed by atoms with Crippen LogP contribution < -0.4 is 0 Å². The van der Waals surface area contributed by atoms with Crippen LogP contribution in [0.25, 0.3) is 0 Å². The third-order valence-corrected chi connectivity index (χ3v) is 3.96. The summed E-state index contributed by atoms with van der Waals surface area (Å²) in [4.78, 5) is 4.33. The molecule has 0 radical (unpaired) electrons. The molecule has 98 valence electrons. The fourth-order valence-electron chi connectivity index (χ4n) is 1.94. The number of hydrogen-bond donors (Lipinski definition) is 1. The van der Waals surface area contributed by atoms with E-state index in [-0.39, 0.29) is 0 Å². The molecule has 0 spiro atoms. The van der Waals surface area contributed by atoms with Crippen molar-refractivity contribution >= 4 is 11.3 Å². The van der Waals surface area contributed by atoms with Crippen molar-refractivity contribution in [1.29, 1.82) is 0 Å². The van der Waals surface area contributed by atoms with E-state index in [1.165, 1.54) is 11.3 Å². The summed E-state index contributed by atoms with van der Waals surface area (Å²) >= 11 is 1.51. The second-order valence-electron chi connectivity index (χ2n) is 4.34. The first-order chi connectivity index (χ1) is 8.63. The molecular formula is C13H19N3OS. The Morgan fingerprint density at radius 2 is 2.22 bits per heavy atom. The van der Waals surface area contributed by atoms with Crippen LogP contribution in [0.4, 0.5) is 0 Å². The molecule has 0 aliphatic rings. The molecule has 4 nitrogen and oxygen atoms in total.